The van der Waals surface area contributed by atoms with Gasteiger partial charge in [-0.15, -0.1) is 0 Å². The molecule has 0 aliphatic heterocycles. The maximum absolute atomic E-state index is 13.1. The van der Waals surface area contributed by atoms with Crippen LogP contribution in [0.3, 0.4) is 0 Å². The number of hydrogen-bond donors (Lipinski definition) is 1. The minimum Gasteiger partial charge on any atom is -0.478 e. The van der Waals surface area contributed by atoms with Gasteiger partial charge in [-0.25, -0.2) is 18.0 Å². The van der Waals surface area contributed by atoms with Crippen molar-refractivity contribution >= 4 is 28.6 Å². The van der Waals surface area contributed by atoms with Crippen LogP contribution in [0, 0.1) is 9.39 Å². The molecule has 0 radical (unpaired) electrons. The minimum absolute atomic E-state index is 0.361. The van der Waals surface area contributed by atoms with Gasteiger partial charge in [0.25, 0.3) is 6.43 Å². The highest BCUT2D eigenvalue weighted by Gasteiger charge is 2.22. The molecule has 1 heterocycles. The molecule has 0 amide bonds. The van der Waals surface area contributed by atoms with Crippen LogP contribution in [0.4, 0.5) is 13.2 Å². The van der Waals surface area contributed by atoms with Crippen molar-refractivity contribution < 1.29 is 23.1 Å². The van der Waals surface area contributed by atoms with Gasteiger partial charge in [-0.05, 0) is 22.6 Å². The molecule has 0 saturated heterocycles. The van der Waals surface area contributed by atoms with E-state index >= 15 is 0 Å². The smallest absolute Gasteiger partial charge is 0.338 e. The van der Waals surface area contributed by atoms with Gasteiger partial charge in [0.15, 0.2) is 5.82 Å². The Morgan fingerprint density at radius 3 is 2.57 bits per heavy atom. The summed E-state index contributed by atoms with van der Waals surface area (Å²) in [6.45, 7) is 0. The lowest BCUT2D eigenvalue weighted by Gasteiger charge is -2.04. The first-order chi connectivity index (χ1) is 6.45. The summed E-state index contributed by atoms with van der Waals surface area (Å²) < 4.78 is 36.9. The maximum Gasteiger partial charge on any atom is 0.338 e. The van der Waals surface area contributed by atoms with Crippen LogP contribution in [0.25, 0.3) is 0 Å². The molecule has 14 heavy (non-hydrogen) atoms. The number of carboxylic acid groups (broad SMARTS) is 1. The largest absolute Gasteiger partial charge is 0.478 e. The van der Waals surface area contributed by atoms with Crippen LogP contribution < -0.4 is 0 Å². The van der Waals surface area contributed by atoms with Crippen LogP contribution in [0.15, 0.2) is 6.20 Å². The predicted octanol–water partition coefficient (Wildman–Crippen LogP) is 2.46. The van der Waals surface area contributed by atoms with Crippen LogP contribution >= 0.6 is 22.6 Å². The standard InChI is InChI=1S/C7H3F3INO2/c8-3-4(11)2(7(13)14)1-12-5(3)6(9)10/h1,6H,(H,13,14). The highest BCUT2D eigenvalue weighted by Crippen LogP contribution is 2.24. The van der Waals surface area contributed by atoms with E-state index in [0.717, 1.165) is 0 Å². The van der Waals surface area contributed by atoms with Crippen molar-refractivity contribution in [3.8, 4) is 0 Å². The molecule has 1 aromatic rings. The van der Waals surface area contributed by atoms with Gasteiger partial charge in [0, 0.05) is 6.20 Å². The molecule has 0 fully saturated rings. The summed E-state index contributed by atoms with van der Waals surface area (Å²) in [7, 11) is 0. The predicted molar refractivity (Wildman–Crippen MR) is 48.8 cm³/mol. The number of rotatable bonds is 2. The normalized spacial score (nSPS) is 10.6. The quantitative estimate of drug-likeness (QED) is 0.853. The third-order valence-corrected chi connectivity index (χ3v) is 2.48. The number of pyridine rings is 1. The van der Waals surface area contributed by atoms with E-state index in [0.29, 0.717) is 6.20 Å². The number of alkyl halides is 2. The van der Waals surface area contributed by atoms with Gasteiger partial charge in [-0.2, -0.15) is 0 Å². The molecule has 3 nitrogen and oxygen atoms in total. The molecule has 0 aliphatic rings. The molecule has 1 rings (SSSR count). The van der Waals surface area contributed by atoms with Crippen LogP contribution in [-0.4, -0.2) is 16.1 Å². The average molecular weight is 317 g/mol. The van der Waals surface area contributed by atoms with Gasteiger partial charge in [0.1, 0.15) is 5.69 Å². The third-order valence-electron chi connectivity index (χ3n) is 1.42. The molecule has 0 saturated carbocycles. The molecule has 7 heteroatoms. The summed E-state index contributed by atoms with van der Waals surface area (Å²) >= 11 is 1.35. The van der Waals surface area contributed by atoms with E-state index in [1.54, 1.807) is 0 Å². The number of aromatic nitrogens is 1. The summed E-state index contributed by atoms with van der Waals surface area (Å²) in [5.74, 6) is -2.68. The molecule has 0 aliphatic carbocycles. The molecule has 1 aromatic heterocycles. The van der Waals surface area contributed by atoms with Crippen LogP contribution in [0.1, 0.15) is 22.5 Å². The Morgan fingerprint density at radius 1 is 1.57 bits per heavy atom. The lowest BCUT2D eigenvalue weighted by atomic mass is 10.2. The Morgan fingerprint density at radius 2 is 2.14 bits per heavy atom. The number of nitrogens with zero attached hydrogens (tertiary/aromatic N) is 1. The van der Waals surface area contributed by atoms with E-state index in [1.807, 2.05) is 0 Å². The van der Waals surface area contributed by atoms with Crippen molar-refractivity contribution in [1.29, 1.82) is 0 Å². The van der Waals surface area contributed by atoms with Crippen LogP contribution in [-0.2, 0) is 0 Å². The number of aromatic carboxylic acids is 1. The Bertz CT molecular complexity index is 383. The Kier molecular flexibility index (Phi) is 3.29. The first-order valence-corrected chi connectivity index (χ1v) is 4.38. The third kappa shape index (κ3) is 1.97. The number of hydrogen-bond acceptors (Lipinski definition) is 2. The second-order valence-corrected chi connectivity index (χ2v) is 3.37. The van der Waals surface area contributed by atoms with E-state index in [1.165, 1.54) is 22.6 Å². The maximum atomic E-state index is 13.1. The Balaban J connectivity index is 3.33. The molecule has 0 spiro atoms. The highest BCUT2D eigenvalue weighted by atomic mass is 127. The van der Waals surface area contributed by atoms with Gasteiger partial charge in [-0.1, -0.05) is 0 Å². The van der Waals surface area contributed by atoms with Crippen LogP contribution in [0.2, 0.25) is 0 Å². The lowest BCUT2D eigenvalue weighted by molar-refractivity contribution is 0.0693. The molecule has 1 N–H and O–H groups in total. The summed E-state index contributed by atoms with van der Waals surface area (Å²) in [6, 6.07) is 0. The van der Waals surface area contributed by atoms with Gasteiger partial charge in [-0.3, -0.25) is 4.98 Å². The van der Waals surface area contributed by atoms with E-state index in [2.05, 4.69) is 4.98 Å². The fourth-order valence-corrected chi connectivity index (χ4v) is 1.43. The first-order valence-electron chi connectivity index (χ1n) is 3.30. The van der Waals surface area contributed by atoms with Crippen molar-refractivity contribution in [3.05, 3.63) is 26.8 Å². The summed E-state index contributed by atoms with van der Waals surface area (Å²) in [4.78, 5) is 13.5. The fourth-order valence-electron chi connectivity index (χ4n) is 0.779. The van der Waals surface area contributed by atoms with Crippen molar-refractivity contribution in [3.63, 3.8) is 0 Å². The van der Waals surface area contributed by atoms with E-state index in [-0.39, 0.29) is 3.57 Å². The second kappa shape index (κ2) is 4.11. The minimum atomic E-state index is -3.05. The van der Waals surface area contributed by atoms with Gasteiger partial charge < -0.3 is 5.11 Å². The number of carboxylic acids is 1. The average Bonchev–Trinajstić information content (AvgIpc) is 2.08. The molecular weight excluding hydrogens is 314 g/mol. The zero-order chi connectivity index (χ0) is 10.9. The fraction of sp³-hybridized carbons (Fsp3) is 0.143. The SMILES string of the molecule is O=C(O)c1cnc(C(F)F)c(F)c1I. The summed E-state index contributed by atoms with van der Waals surface area (Å²) in [5, 5.41) is 8.52. The summed E-state index contributed by atoms with van der Waals surface area (Å²) in [5.41, 5.74) is -1.45. The van der Waals surface area contributed by atoms with Gasteiger partial charge in [0.05, 0.1) is 9.13 Å². The molecule has 0 atom stereocenters. The van der Waals surface area contributed by atoms with Crippen molar-refractivity contribution in [2.24, 2.45) is 0 Å². The highest BCUT2D eigenvalue weighted by molar-refractivity contribution is 14.1. The molecular formula is C7H3F3INO2. The second-order valence-electron chi connectivity index (χ2n) is 2.29. The van der Waals surface area contributed by atoms with Gasteiger partial charge >= 0.3 is 5.97 Å². The molecule has 76 valence electrons. The topological polar surface area (TPSA) is 50.2 Å². The Hall–Kier alpha value is -0.860. The van der Waals surface area contributed by atoms with Crippen molar-refractivity contribution in [1.82, 2.24) is 4.98 Å². The monoisotopic (exact) mass is 317 g/mol. The molecule has 0 bridgehead atoms. The lowest BCUT2D eigenvalue weighted by Crippen LogP contribution is -2.07. The van der Waals surface area contributed by atoms with Crippen molar-refractivity contribution in [2.45, 2.75) is 6.43 Å². The van der Waals surface area contributed by atoms with Crippen LogP contribution in [0.5, 0.6) is 0 Å². The Labute approximate surface area is 90.1 Å². The van der Waals surface area contributed by atoms with E-state index in [9.17, 15) is 18.0 Å². The molecule has 0 unspecified atom stereocenters. The van der Waals surface area contributed by atoms with Crippen molar-refractivity contribution in [2.75, 3.05) is 0 Å². The first kappa shape index (κ1) is 11.2. The van der Waals surface area contributed by atoms with E-state index in [4.69, 9.17) is 5.11 Å². The van der Waals surface area contributed by atoms with E-state index < -0.39 is 29.5 Å². The van der Waals surface area contributed by atoms with Gasteiger partial charge in [0.2, 0.25) is 0 Å². The number of carbonyl (C=O) groups is 1. The zero-order valence-electron chi connectivity index (χ0n) is 6.47. The molecule has 0 aromatic carbocycles. The zero-order valence-corrected chi connectivity index (χ0v) is 8.63. The number of halogens is 4. The summed E-state index contributed by atoms with van der Waals surface area (Å²) in [6.07, 6.45) is -2.33.